The van der Waals surface area contributed by atoms with E-state index in [1.54, 1.807) is 7.11 Å². The van der Waals surface area contributed by atoms with Crippen LogP contribution in [-0.2, 0) is 9.47 Å². The zero-order valence-electron chi connectivity index (χ0n) is 7.58. The largest absolute Gasteiger partial charge is 0.381 e. The second kappa shape index (κ2) is 3.73. The Morgan fingerprint density at radius 3 is 3.17 bits per heavy atom. The summed E-state index contributed by atoms with van der Waals surface area (Å²) in [5.41, 5.74) is 0. The Bertz CT molecular complexity index is 151. The Morgan fingerprint density at radius 1 is 1.42 bits per heavy atom. The van der Waals surface area contributed by atoms with Gasteiger partial charge in [-0.2, -0.15) is 0 Å². The number of hydrogen-bond acceptors (Lipinski definition) is 3. The van der Waals surface area contributed by atoms with Crippen LogP contribution in [0.3, 0.4) is 0 Å². The van der Waals surface area contributed by atoms with Crippen molar-refractivity contribution in [1.29, 1.82) is 0 Å². The van der Waals surface area contributed by atoms with Gasteiger partial charge in [0.25, 0.3) is 0 Å². The Morgan fingerprint density at radius 2 is 2.33 bits per heavy atom. The predicted octanol–water partition coefficient (Wildman–Crippen LogP) is 0.542. The molecular weight excluding hydrogens is 154 g/mol. The van der Waals surface area contributed by atoms with Gasteiger partial charge in [-0.25, -0.2) is 0 Å². The Kier molecular flexibility index (Phi) is 2.63. The topological polar surface area (TPSA) is 30.5 Å². The van der Waals surface area contributed by atoms with Crippen LogP contribution in [0.15, 0.2) is 0 Å². The van der Waals surface area contributed by atoms with Gasteiger partial charge in [0.15, 0.2) is 0 Å². The van der Waals surface area contributed by atoms with Crippen LogP contribution in [0.2, 0.25) is 0 Å². The molecule has 1 aliphatic heterocycles. The summed E-state index contributed by atoms with van der Waals surface area (Å²) in [6.45, 7) is 1.87. The minimum Gasteiger partial charge on any atom is -0.381 e. The molecule has 1 saturated carbocycles. The summed E-state index contributed by atoms with van der Waals surface area (Å²) >= 11 is 0. The van der Waals surface area contributed by atoms with Crippen LogP contribution in [0.25, 0.3) is 0 Å². The Balaban J connectivity index is 1.90. The molecular formula is C9H17NO2. The first-order chi connectivity index (χ1) is 5.90. The summed E-state index contributed by atoms with van der Waals surface area (Å²) in [5.74, 6) is 0. The van der Waals surface area contributed by atoms with Crippen molar-refractivity contribution >= 4 is 0 Å². The molecule has 3 heteroatoms. The van der Waals surface area contributed by atoms with Crippen molar-refractivity contribution in [1.82, 2.24) is 5.32 Å². The molecule has 1 heterocycles. The van der Waals surface area contributed by atoms with Gasteiger partial charge in [0.05, 0.1) is 18.8 Å². The molecule has 0 bridgehead atoms. The van der Waals surface area contributed by atoms with Gasteiger partial charge in [0.1, 0.15) is 0 Å². The number of ether oxygens (including phenoxy) is 2. The predicted molar refractivity (Wildman–Crippen MR) is 46.2 cm³/mol. The molecule has 0 aromatic heterocycles. The number of morpholine rings is 1. The molecule has 0 aromatic carbocycles. The van der Waals surface area contributed by atoms with Crippen LogP contribution in [0.5, 0.6) is 0 Å². The standard InChI is InChI=1S/C9H17NO2/c1-11-7-2-3-9-8(6-7)10-4-5-12-9/h7-10H,2-6H2,1H3. The van der Waals surface area contributed by atoms with E-state index in [4.69, 9.17) is 9.47 Å². The first-order valence-electron chi connectivity index (χ1n) is 4.78. The molecule has 2 rings (SSSR count). The molecule has 70 valence electrons. The summed E-state index contributed by atoms with van der Waals surface area (Å²) in [6, 6.07) is 0.539. The fraction of sp³-hybridized carbons (Fsp3) is 1.00. The highest BCUT2D eigenvalue weighted by molar-refractivity contribution is 4.88. The lowest BCUT2D eigenvalue weighted by Crippen LogP contribution is -2.52. The van der Waals surface area contributed by atoms with E-state index >= 15 is 0 Å². The number of hydrogen-bond donors (Lipinski definition) is 1. The minimum absolute atomic E-state index is 0.445. The zero-order chi connectivity index (χ0) is 8.39. The number of methoxy groups -OCH3 is 1. The molecule has 1 aliphatic carbocycles. The summed E-state index contributed by atoms with van der Waals surface area (Å²) in [4.78, 5) is 0. The van der Waals surface area contributed by atoms with Crippen molar-refractivity contribution in [2.75, 3.05) is 20.3 Å². The van der Waals surface area contributed by atoms with Gasteiger partial charge in [-0.3, -0.25) is 0 Å². The molecule has 0 spiro atoms. The van der Waals surface area contributed by atoms with Crippen LogP contribution in [0.4, 0.5) is 0 Å². The highest BCUT2D eigenvalue weighted by Crippen LogP contribution is 2.25. The van der Waals surface area contributed by atoms with E-state index in [1.165, 1.54) is 0 Å². The Hall–Kier alpha value is -0.120. The SMILES string of the molecule is COC1CCC2OCCNC2C1. The first-order valence-corrected chi connectivity index (χ1v) is 4.78. The number of fused-ring (bicyclic) bond motifs is 1. The van der Waals surface area contributed by atoms with E-state index in [0.717, 1.165) is 32.4 Å². The van der Waals surface area contributed by atoms with Gasteiger partial charge >= 0.3 is 0 Å². The fourth-order valence-corrected chi connectivity index (χ4v) is 2.19. The van der Waals surface area contributed by atoms with Crippen molar-refractivity contribution < 1.29 is 9.47 Å². The van der Waals surface area contributed by atoms with Crippen molar-refractivity contribution in [3.05, 3.63) is 0 Å². The summed E-state index contributed by atoms with van der Waals surface area (Å²) < 4.78 is 11.0. The van der Waals surface area contributed by atoms with E-state index in [-0.39, 0.29) is 0 Å². The molecule has 12 heavy (non-hydrogen) atoms. The second-order valence-corrected chi connectivity index (χ2v) is 3.64. The second-order valence-electron chi connectivity index (χ2n) is 3.64. The maximum absolute atomic E-state index is 5.66. The molecule has 1 saturated heterocycles. The van der Waals surface area contributed by atoms with Gasteiger partial charge in [-0.05, 0) is 19.3 Å². The van der Waals surface area contributed by atoms with Gasteiger partial charge in [0.2, 0.25) is 0 Å². The number of nitrogens with one attached hydrogen (secondary N) is 1. The van der Waals surface area contributed by atoms with Gasteiger partial charge in [-0.1, -0.05) is 0 Å². The molecule has 1 N–H and O–H groups in total. The lowest BCUT2D eigenvalue weighted by Gasteiger charge is -2.39. The molecule has 3 atom stereocenters. The molecule has 2 fully saturated rings. The molecule has 0 radical (unpaired) electrons. The van der Waals surface area contributed by atoms with Gasteiger partial charge in [-0.15, -0.1) is 0 Å². The fourth-order valence-electron chi connectivity index (χ4n) is 2.19. The highest BCUT2D eigenvalue weighted by Gasteiger charge is 2.32. The third-order valence-electron chi connectivity index (χ3n) is 2.91. The summed E-state index contributed by atoms with van der Waals surface area (Å²) in [5, 5.41) is 3.48. The summed E-state index contributed by atoms with van der Waals surface area (Å²) in [6.07, 6.45) is 4.31. The average Bonchev–Trinajstić information content (AvgIpc) is 2.17. The Labute approximate surface area is 73.4 Å². The smallest absolute Gasteiger partial charge is 0.0730 e. The quantitative estimate of drug-likeness (QED) is 0.624. The van der Waals surface area contributed by atoms with Crippen LogP contribution in [0, 0.1) is 0 Å². The van der Waals surface area contributed by atoms with Crippen molar-refractivity contribution in [2.45, 2.75) is 37.5 Å². The van der Waals surface area contributed by atoms with Crippen LogP contribution < -0.4 is 5.32 Å². The highest BCUT2D eigenvalue weighted by atomic mass is 16.5. The molecule has 0 aromatic rings. The van der Waals surface area contributed by atoms with Crippen molar-refractivity contribution in [3.8, 4) is 0 Å². The maximum Gasteiger partial charge on any atom is 0.0730 e. The molecule has 0 amide bonds. The molecule has 3 nitrogen and oxygen atoms in total. The van der Waals surface area contributed by atoms with E-state index in [2.05, 4.69) is 5.32 Å². The molecule has 3 unspecified atom stereocenters. The third-order valence-corrected chi connectivity index (χ3v) is 2.91. The molecule has 2 aliphatic rings. The first kappa shape index (κ1) is 8.48. The normalized spacial score (nSPS) is 42.2. The van der Waals surface area contributed by atoms with Crippen LogP contribution in [0.1, 0.15) is 19.3 Å². The average molecular weight is 171 g/mol. The van der Waals surface area contributed by atoms with Crippen molar-refractivity contribution in [3.63, 3.8) is 0 Å². The van der Waals surface area contributed by atoms with Crippen molar-refractivity contribution in [2.24, 2.45) is 0 Å². The minimum atomic E-state index is 0.445. The van der Waals surface area contributed by atoms with Crippen LogP contribution in [-0.4, -0.2) is 38.5 Å². The lowest BCUT2D eigenvalue weighted by atomic mass is 9.89. The van der Waals surface area contributed by atoms with E-state index in [1.807, 2.05) is 0 Å². The van der Waals surface area contributed by atoms with E-state index < -0.39 is 0 Å². The monoisotopic (exact) mass is 171 g/mol. The third kappa shape index (κ3) is 1.63. The lowest BCUT2D eigenvalue weighted by molar-refractivity contribution is -0.0593. The van der Waals surface area contributed by atoms with Gasteiger partial charge < -0.3 is 14.8 Å². The van der Waals surface area contributed by atoms with Crippen LogP contribution >= 0.6 is 0 Å². The van der Waals surface area contributed by atoms with E-state index in [9.17, 15) is 0 Å². The van der Waals surface area contributed by atoms with E-state index in [0.29, 0.717) is 18.2 Å². The number of rotatable bonds is 1. The summed E-state index contributed by atoms with van der Waals surface area (Å²) in [7, 11) is 1.80. The maximum atomic E-state index is 5.66. The van der Waals surface area contributed by atoms with Gasteiger partial charge in [0, 0.05) is 19.7 Å². The zero-order valence-corrected chi connectivity index (χ0v) is 7.58.